The molecule has 7 nitrogen and oxygen atoms in total. The average molecular weight is 500 g/mol. The first kappa shape index (κ1) is 24.0. The van der Waals surface area contributed by atoms with E-state index in [0.717, 1.165) is 11.0 Å². The normalized spacial score (nSPS) is 18.1. The molecule has 2 unspecified atom stereocenters. The van der Waals surface area contributed by atoms with Gasteiger partial charge in [-0.05, 0) is 30.7 Å². The van der Waals surface area contributed by atoms with Crippen LogP contribution in [0.1, 0.15) is 24.8 Å². The molecule has 0 bridgehead atoms. The third kappa shape index (κ3) is 4.33. The number of methoxy groups -OCH3 is 2. The van der Waals surface area contributed by atoms with Crippen molar-refractivity contribution in [2.45, 2.75) is 25.8 Å². The van der Waals surface area contributed by atoms with Gasteiger partial charge in [0.05, 0.1) is 52.9 Å². The van der Waals surface area contributed by atoms with Gasteiger partial charge >= 0.3 is 11.9 Å². The molecule has 176 valence electrons. The van der Waals surface area contributed by atoms with Crippen LogP contribution in [0.5, 0.6) is 0 Å². The summed E-state index contributed by atoms with van der Waals surface area (Å²) in [4.78, 5) is 35.0. The van der Waals surface area contributed by atoms with Crippen molar-refractivity contribution in [1.29, 1.82) is 0 Å². The van der Waals surface area contributed by atoms with Gasteiger partial charge in [-0.15, -0.1) is 0 Å². The van der Waals surface area contributed by atoms with E-state index in [4.69, 9.17) is 32.7 Å². The first-order chi connectivity index (χ1) is 16.4. The van der Waals surface area contributed by atoms with E-state index in [9.17, 15) is 9.59 Å². The number of hydrogen-bond donors (Lipinski definition) is 0. The van der Waals surface area contributed by atoms with Gasteiger partial charge in [0, 0.05) is 24.6 Å². The molecule has 9 heteroatoms. The van der Waals surface area contributed by atoms with Crippen LogP contribution in [0.25, 0.3) is 11.0 Å². The number of ether oxygens (including phenoxy) is 2. The summed E-state index contributed by atoms with van der Waals surface area (Å²) in [5, 5.41) is 0.581. The number of aromatic nitrogens is 2. The van der Waals surface area contributed by atoms with E-state index in [1.807, 2.05) is 28.8 Å². The highest BCUT2D eigenvalue weighted by atomic mass is 35.5. The lowest BCUT2D eigenvalue weighted by atomic mass is 9.75. The Morgan fingerprint density at radius 1 is 1.06 bits per heavy atom. The topological polar surface area (TPSA) is 82.8 Å². The van der Waals surface area contributed by atoms with E-state index < -0.39 is 23.8 Å². The number of hydrogen-bond acceptors (Lipinski definition) is 6. The zero-order valence-electron chi connectivity index (χ0n) is 18.9. The predicted octanol–water partition coefficient (Wildman–Crippen LogP) is 5.21. The molecule has 0 N–H and O–H groups in total. The van der Waals surface area contributed by atoms with E-state index in [1.54, 1.807) is 31.5 Å². The second-order valence-electron chi connectivity index (χ2n) is 7.90. The quantitative estimate of drug-likeness (QED) is 0.434. The summed E-state index contributed by atoms with van der Waals surface area (Å²) in [5.74, 6) is -2.73. The molecule has 3 aromatic rings. The van der Waals surface area contributed by atoms with Crippen molar-refractivity contribution in [3.05, 3.63) is 75.7 Å². The Morgan fingerprint density at radius 3 is 2.56 bits per heavy atom. The highest BCUT2D eigenvalue weighted by molar-refractivity contribution is 6.42. The summed E-state index contributed by atoms with van der Waals surface area (Å²) in [5.41, 5.74) is 3.68. The van der Waals surface area contributed by atoms with Gasteiger partial charge in [0.15, 0.2) is 0 Å². The molecular formula is C25H23Cl2N3O4. The minimum absolute atomic E-state index is 0.261. The average Bonchev–Trinajstić information content (AvgIpc) is 3.26. The van der Waals surface area contributed by atoms with Crippen LogP contribution in [0, 0.1) is 5.92 Å². The van der Waals surface area contributed by atoms with E-state index in [-0.39, 0.29) is 10.6 Å². The van der Waals surface area contributed by atoms with E-state index in [0.29, 0.717) is 35.0 Å². The number of aliphatic imine (C=N–C) groups is 1. The van der Waals surface area contributed by atoms with E-state index in [1.165, 1.54) is 14.2 Å². The van der Waals surface area contributed by atoms with Crippen LogP contribution in [0.3, 0.4) is 0 Å². The lowest BCUT2D eigenvalue weighted by Crippen LogP contribution is -2.36. The van der Waals surface area contributed by atoms with Gasteiger partial charge in [0.2, 0.25) is 0 Å². The van der Waals surface area contributed by atoms with Crippen molar-refractivity contribution in [3.8, 4) is 0 Å². The first-order valence-electron chi connectivity index (χ1n) is 10.7. The summed E-state index contributed by atoms with van der Waals surface area (Å²) in [6, 6.07) is 12.9. The Bertz CT molecular complexity index is 1330. The Morgan fingerprint density at radius 2 is 1.82 bits per heavy atom. The second-order valence-corrected chi connectivity index (χ2v) is 8.69. The van der Waals surface area contributed by atoms with Crippen LogP contribution >= 0.6 is 23.2 Å². The number of carbonyl (C=O) groups is 2. The molecule has 0 saturated heterocycles. The summed E-state index contributed by atoms with van der Waals surface area (Å²) < 4.78 is 12.2. The molecule has 0 amide bonds. The lowest BCUT2D eigenvalue weighted by Gasteiger charge is -2.32. The second kappa shape index (κ2) is 9.99. The number of benzene rings is 2. The van der Waals surface area contributed by atoms with Gasteiger partial charge in [-0.1, -0.05) is 47.5 Å². The van der Waals surface area contributed by atoms with Crippen molar-refractivity contribution in [3.63, 3.8) is 0 Å². The Labute approximate surface area is 207 Å². The van der Waals surface area contributed by atoms with Crippen molar-refractivity contribution >= 4 is 51.9 Å². The van der Waals surface area contributed by atoms with Crippen molar-refractivity contribution in [2.75, 3.05) is 14.2 Å². The van der Waals surface area contributed by atoms with Crippen LogP contribution in [0.4, 0.5) is 0 Å². The van der Waals surface area contributed by atoms with Gasteiger partial charge in [-0.25, -0.2) is 9.78 Å². The lowest BCUT2D eigenvalue weighted by molar-refractivity contribution is -0.143. The fourth-order valence-corrected chi connectivity index (χ4v) is 4.84. The van der Waals surface area contributed by atoms with Gasteiger partial charge in [0.1, 0.15) is 5.92 Å². The fraction of sp³-hybridized carbons (Fsp3) is 0.280. The van der Waals surface area contributed by atoms with Gasteiger partial charge in [-0.3, -0.25) is 9.79 Å². The molecule has 1 aliphatic heterocycles. The zero-order valence-corrected chi connectivity index (χ0v) is 20.4. The van der Waals surface area contributed by atoms with Crippen LogP contribution in [0.15, 0.2) is 65.1 Å². The Kier molecular flexibility index (Phi) is 7.05. The Hall–Kier alpha value is -3.16. The number of fused-ring (bicyclic) bond motifs is 1. The number of para-hydroxylation sites is 2. The predicted molar refractivity (Wildman–Crippen MR) is 131 cm³/mol. The van der Waals surface area contributed by atoms with Crippen LogP contribution < -0.4 is 0 Å². The molecule has 0 saturated carbocycles. The number of allylic oxidation sites excluding steroid dienone is 1. The molecule has 0 spiro atoms. The van der Waals surface area contributed by atoms with Crippen molar-refractivity contribution in [1.82, 2.24) is 9.55 Å². The minimum Gasteiger partial charge on any atom is -0.468 e. The van der Waals surface area contributed by atoms with Crippen LogP contribution in [-0.4, -0.2) is 41.4 Å². The number of imidazole rings is 1. The molecule has 1 aliphatic rings. The molecule has 2 aromatic carbocycles. The number of halogens is 2. The molecule has 2 heterocycles. The molecule has 2 atom stereocenters. The number of esters is 2. The zero-order chi connectivity index (χ0) is 24.4. The monoisotopic (exact) mass is 499 g/mol. The Balaban J connectivity index is 1.84. The highest BCUT2D eigenvalue weighted by Crippen LogP contribution is 2.44. The maximum absolute atomic E-state index is 13.1. The molecular weight excluding hydrogens is 477 g/mol. The number of rotatable bonds is 6. The van der Waals surface area contributed by atoms with Crippen molar-refractivity contribution < 1.29 is 19.1 Å². The SMILES string of the molecule is COC(=O)C1=C(CCn2cnc3ccccc32)N=C(C)C(C(=O)OC)C1c1cccc(Cl)c1Cl. The van der Waals surface area contributed by atoms with Gasteiger partial charge < -0.3 is 14.0 Å². The summed E-state index contributed by atoms with van der Waals surface area (Å²) in [7, 11) is 2.60. The van der Waals surface area contributed by atoms with Crippen LogP contribution in [0.2, 0.25) is 10.0 Å². The molecule has 0 fully saturated rings. The maximum atomic E-state index is 13.1. The summed E-state index contributed by atoms with van der Waals surface area (Å²) in [6.45, 7) is 2.26. The number of carbonyl (C=O) groups excluding carboxylic acids is 2. The highest BCUT2D eigenvalue weighted by Gasteiger charge is 2.43. The molecule has 1 aromatic heterocycles. The van der Waals surface area contributed by atoms with Crippen molar-refractivity contribution in [2.24, 2.45) is 10.9 Å². The van der Waals surface area contributed by atoms with Crippen LogP contribution in [-0.2, 0) is 25.6 Å². The first-order valence-corrected chi connectivity index (χ1v) is 11.4. The fourth-order valence-electron chi connectivity index (χ4n) is 4.42. The maximum Gasteiger partial charge on any atom is 0.336 e. The summed E-state index contributed by atoms with van der Waals surface area (Å²) >= 11 is 12.9. The smallest absolute Gasteiger partial charge is 0.336 e. The van der Waals surface area contributed by atoms with E-state index >= 15 is 0 Å². The molecule has 0 aliphatic carbocycles. The third-order valence-electron chi connectivity index (χ3n) is 6.01. The van der Waals surface area contributed by atoms with Gasteiger partial charge in [-0.2, -0.15) is 0 Å². The third-order valence-corrected chi connectivity index (χ3v) is 6.84. The van der Waals surface area contributed by atoms with Gasteiger partial charge in [0.25, 0.3) is 0 Å². The number of aryl methyl sites for hydroxylation is 1. The molecule has 4 rings (SSSR count). The molecule has 34 heavy (non-hydrogen) atoms. The molecule has 0 radical (unpaired) electrons. The summed E-state index contributed by atoms with van der Waals surface area (Å²) in [6.07, 6.45) is 2.16. The van der Waals surface area contributed by atoms with E-state index in [2.05, 4.69) is 9.98 Å². The standard InChI is InChI=1S/C25H23Cl2N3O4/c1-14-20(24(31)33-2)21(15-7-6-8-16(26)23(15)27)22(25(32)34-3)18(29-14)11-12-30-13-28-17-9-4-5-10-19(17)30/h4-10,13,20-21H,11-12H2,1-3H3. The number of nitrogens with zero attached hydrogens (tertiary/aromatic N) is 3. The largest absolute Gasteiger partial charge is 0.468 e. The minimum atomic E-state index is -0.854.